The van der Waals surface area contributed by atoms with Crippen LogP contribution in [0.3, 0.4) is 0 Å². The molecule has 2 aromatic rings. The van der Waals surface area contributed by atoms with Crippen LogP contribution in [-0.4, -0.2) is 31.1 Å². The lowest BCUT2D eigenvalue weighted by molar-refractivity contribution is -0.0508. The Labute approximate surface area is 166 Å². The topological polar surface area (TPSA) is 65.0 Å². The molecule has 0 spiro atoms. The number of carbonyl (C=O) groups is 1. The number of carbonyl (C=O) groups excluding carboxylic acids is 1. The van der Waals surface area contributed by atoms with Gasteiger partial charge in [0.15, 0.2) is 0 Å². The summed E-state index contributed by atoms with van der Waals surface area (Å²) in [4.78, 5) is 11.2. The largest absolute Gasteiger partial charge is 0.508 e. The first-order valence-electron chi connectivity index (χ1n) is 9.85. The molecule has 0 atom stereocenters. The maximum absolute atomic E-state index is 11.2. The lowest BCUT2D eigenvalue weighted by atomic mass is 9.78. The third-order valence-corrected chi connectivity index (χ3v) is 5.27. The Kier molecular flexibility index (Phi) is 6.57. The van der Waals surface area contributed by atoms with Crippen molar-refractivity contribution in [3.63, 3.8) is 0 Å². The maximum atomic E-state index is 11.2. The number of ether oxygens (including phenoxy) is 3. The average molecular weight is 384 g/mol. The Morgan fingerprint density at radius 1 is 1.04 bits per heavy atom. The summed E-state index contributed by atoms with van der Waals surface area (Å²) in [5.41, 5.74) is 2.22. The molecule has 2 aromatic carbocycles. The number of methoxy groups -OCH3 is 1. The number of aliphatic hydroxyl groups is 1. The molecular weight excluding hydrogens is 356 g/mol. The van der Waals surface area contributed by atoms with Gasteiger partial charge in [0.2, 0.25) is 0 Å². The van der Waals surface area contributed by atoms with Crippen LogP contribution in [0.15, 0.2) is 48.5 Å². The summed E-state index contributed by atoms with van der Waals surface area (Å²) in [6.07, 6.45) is 2.47. The molecule has 5 heteroatoms. The Morgan fingerprint density at radius 2 is 1.61 bits per heavy atom. The Morgan fingerprint density at radius 3 is 2.14 bits per heavy atom. The lowest BCUT2D eigenvalue weighted by Crippen LogP contribution is -2.35. The fraction of sp³-hybridized carbons (Fsp3) is 0.435. The van der Waals surface area contributed by atoms with Crippen molar-refractivity contribution in [2.75, 3.05) is 13.7 Å². The van der Waals surface area contributed by atoms with Gasteiger partial charge in [0.25, 0.3) is 0 Å². The van der Waals surface area contributed by atoms with Crippen molar-refractivity contribution in [3.05, 3.63) is 54.1 Å². The monoisotopic (exact) mass is 384 g/mol. The van der Waals surface area contributed by atoms with Crippen LogP contribution in [0.1, 0.15) is 44.6 Å². The van der Waals surface area contributed by atoms with E-state index in [0.29, 0.717) is 25.7 Å². The van der Waals surface area contributed by atoms with Gasteiger partial charge < -0.3 is 19.3 Å². The van der Waals surface area contributed by atoms with Gasteiger partial charge in [0, 0.05) is 0 Å². The first-order chi connectivity index (χ1) is 13.5. The molecule has 28 heavy (non-hydrogen) atoms. The van der Waals surface area contributed by atoms with Crippen molar-refractivity contribution in [2.45, 2.75) is 50.7 Å². The number of hydrogen-bond donors (Lipinski definition) is 1. The van der Waals surface area contributed by atoms with E-state index in [4.69, 9.17) is 9.47 Å². The van der Waals surface area contributed by atoms with Crippen molar-refractivity contribution < 1.29 is 24.1 Å². The van der Waals surface area contributed by atoms with E-state index >= 15 is 0 Å². The van der Waals surface area contributed by atoms with E-state index < -0.39 is 11.8 Å². The second-order valence-corrected chi connectivity index (χ2v) is 7.25. The molecule has 1 fully saturated rings. The fourth-order valence-corrected chi connectivity index (χ4v) is 3.60. The van der Waals surface area contributed by atoms with Crippen LogP contribution in [0.25, 0.3) is 11.1 Å². The van der Waals surface area contributed by atoms with E-state index in [-0.39, 0.29) is 6.10 Å². The summed E-state index contributed by atoms with van der Waals surface area (Å²) in [7, 11) is 1.30. The number of hydrogen-bond acceptors (Lipinski definition) is 5. The summed E-state index contributed by atoms with van der Waals surface area (Å²) in [6, 6.07) is 16.1. The van der Waals surface area contributed by atoms with Crippen molar-refractivity contribution in [2.24, 2.45) is 0 Å². The molecule has 5 nitrogen and oxygen atoms in total. The highest BCUT2D eigenvalue weighted by Gasteiger charge is 2.36. The van der Waals surface area contributed by atoms with E-state index in [1.807, 2.05) is 48.5 Å². The molecule has 150 valence electrons. The molecule has 0 unspecified atom stereocenters. The van der Waals surface area contributed by atoms with Crippen molar-refractivity contribution in [1.82, 2.24) is 0 Å². The summed E-state index contributed by atoms with van der Waals surface area (Å²) < 4.78 is 15.4. The van der Waals surface area contributed by atoms with Crippen LogP contribution in [0.4, 0.5) is 4.79 Å². The minimum atomic E-state index is -0.883. The van der Waals surface area contributed by atoms with E-state index in [1.54, 1.807) is 0 Å². The highest BCUT2D eigenvalue weighted by Crippen LogP contribution is 2.38. The predicted molar refractivity (Wildman–Crippen MR) is 107 cm³/mol. The zero-order valence-electron chi connectivity index (χ0n) is 16.5. The van der Waals surface area contributed by atoms with Gasteiger partial charge in [-0.1, -0.05) is 43.3 Å². The molecule has 0 bridgehead atoms. The molecule has 0 aliphatic heterocycles. The van der Waals surface area contributed by atoms with Crippen LogP contribution in [0.5, 0.6) is 5.75 Å². The highest BCUT2D eigenvalue weighted by atomic mass is 16.7. The van der Waals surface area contributed by atoms with Gasteiger partial charge in [-0.3, -0.25) is 0 Å². The zero-order chi connectivity index (χ0) is 20.0. The molecule has 3 rings (SSSR count). The van der Waals surface area contributed by atoms with Crippen LogP contribution < -0.4 is 4.74 Å². The summed E-state index contributed by atoms with van der Waals surface area (Å²) in [5.74, 6) is 0.877. The minimum absolute atomic E-state index is 0.194. The number of benzene rings is 2. The SMILES string of the molecule is CCCOc1ccc(-c2ccc(C3(O)CCC(OC(=O)OC)CC3)cc2)cc1. The quantitative estimate of drug-likeness (QED) is 0.706. The molecule has 0 radical (unpaired) electrons. The molecule has 0 saturated heterocycles. The highest BCUT2D eigenvalue weighted by molar-refractivity contribution is 5.64. The van der Waals surface area contributed by atoms with Crippen molar-refractivity contribution >= 4 is 6.16 Å². The predicted octanol–water partition coefficient (Wildman–Crippen LogP) is 5.06. The third-order valence-electron chi connectivity index (χ3n) is 5.27. The van der Waals surface area contributed by atoms with E-state index in [0.717, 1.165) is 35.5 Å². The van der Waals surface area contributed by atoms with E-state index in [1.165, 1.54) is 7.11 Å². The average Bonchev–Trinajstić information content (AvgIpc) is 2.74. The molecular formula is C23H28O5. The van der Waals surface area contributed by atoms with Crippen molar-refractivity contribution in [1.29, 1.82) is 0 Å². The van der Waals surface area contributed by atoms with Crippen LogP contribution >= 0.6 is 0 Å². The van der Waals surface area contributed by atoms with Gasteiger partial charge in [0.05, 0.1) is 19.3 Å². The second kappa shape index (κ2) is 9.11. The second-order valence-electron chi connectivity index (χ2n) is 7.25. The van der Waals surface area contributed by atoms with Gasteiger partial charge in [-0.05, 0) is 60.9 Å². The lowest BCUT2D eigenvalue weighted by Gasteiger charge is -2.36. The van der Waals surface area contributed by atoms with E-state index in [9.17, 15) is 9.90 Å². The van der Waals surface area contributed by atoms with Gasteiger partial charge in [-0.15, -0.1) is 0 Å². The van der Waals surface area contributed by atoms with Gasteiger partial charge in [-0.25, -0.2) is 4.79 Å². The first kappa shape index (κ1) is 20.2. The van der Waals surface area contributed by atoms with Gasteiger partial charge >= 0.3 is 6.16 Å². The molecule has 0 heterocycles. The van der Waals surface area contributed by atoms with Crippen LogP contribution in [-0.2, 0) is 15.1 Å². The van der Waals surface area contributed by atoms with Gasteiger partial charge in [-0.2, -0.15) is 0 Å². The molecule has 0 aromatic heterocycles. The maximum Gasteiger partial charge on any atom is 0.508 e. The summed E-state index contributed by atoms with van der Waals surface area (Å²) >= 11 is 0. The molecule has 0 amide bonds. The minimum Gasteiger partial charge on any atom is -0.494 e. The van der Waals surface area contributed by atoms with Crippen LogP contribution in [0, 0.1) is 0 Å². The Hall–Kier alpha value is -2.53. The Balaban J connectivity index is 1.63. The first-order valence-corrected chi connectivity index (χ1v) is 9.85. The standard InChI is InChI=1S/C23H28O5/c1-3-16-27-20-10-6-18(7-11-20)17-4-8-19(9-5-17)23(25)14-12-21(13-15-23)28-22(24)26-2/h4-11,21,25H,3,12-16H2,1-2H3. The van der Waals surface area contributed by atoms with Crippen molar-refractivity contribution in [3.8, 4) is 16.9 Å². The normalized spacial score (nSPS) is 21.8. The third kappa shape index (κ3) is 4.84. The Bertz CT molecular complexity index is 759. The van der Waals surface area contributed by atoms with Gasteiger partial charge in [0.1, 0.15) is 11.9 Å². The molecule has 1 saturated carbocycles. The smallest absolute Gasteiger partial charge is 0.494 e. The number of rotatable bonds is 6. The zero-order valence-corrected chi connectivity index (χ0v) is 16.5. The van der Waals surface area contributed by atoms with Crippen LogP contribution in [0.2, 0.25) is 0 Å². The molecule has 1 aliphatic rings. The molecule has 1 N–H and O–H groups in total. The fourth-order valence-electron chi connectivity index (χ4n) is 3.60. The summed E-state index contributed by atoms with van der Waals surface area (Å²) in [5, 5.41) is 11.0. The van der Waals surface area contributed by atoms with E-state index in [2.05, 4.69) is 11.7 Å². The molecule has 1 aliphatic carbocycles. The summed E-state index contributed by atoms with van der Waals surface area (Å²) in [6.45, 7) is 2.81.